The Kier molecular flexibility index (Phi) is 5.27. The van der Waals surface area contributed by atoms with Crippen molar-refractivity contribution in [2.75, 3.05) is 12.3 Å². The van der Waals surface area contributed by atoms with Gasteiger partial charge >= 0.3 is 5.51 Å². The summed E-state index contributed by atoms with van der Waals surface area (Å²) in [6.07, 6.45) is 0. The molecule has 1 aromatic rings. The Morgan fingerprint density at radius 2 is 2.00 bits per heavy atom. The van der Waals surface area contributed by atoms with Crippen molar-refractivity contribution in [1.82, 2.24) is 5.32 Å². The highest BCUT2D eigenvalue weighted by molar-refractivity contribution is 8.00. The molecule has 0 bridgehead atoms. The van der Waals surface area contributed by atoms with Crippen LogP contribution in [0, 0.1) is 12.7 Å². The van der Waals surface area contributed by atoms with Crippen LogP contribution < -0.4 is 5.32 Å². The zero-order valence-electron chi connectivity index (χ0n) is 9.27. The second-order valence-corrected chi connectivity index (χ2v) is 4.70. The molecule has 0 aliphatic heterocycles. The van der Waals surface area contributed by atoms with E-state index in [1.165, 1.54) is 12.1 Å². The fourth-order valence-corrected chi connectivity index (χ4v) is 1.80. The van der Waals surface area contributed by atoms with E-state index in [1.807, 2.05) is 0 Å². The van der Waals surface area contributed by atoms with Crippen LogP contribution in [0.4, 0.5) is 17.6 Å². The third-order valence-corrected chi connectivity index (χ3v) is 2.90. The van der Waals surface area contributed by atoms with E-state index in [9.17, 15) is 17.6 Å². The predicted molar refractivity (Wildman–Crippen MR) is 61.4 cm³/mol. The molecule has 0 fully saturated rings. The largest absolute Gasteiger partial charge is 0.441 e. The average molecular weight is 267 g/mol. The fourth-order valence-electron chi connectivity index (χ4n) is 1.32. The molecule has 96 valence electrons. The Balaban J connectivity index is 2.27. The number of rotatable bonds is 5. The molecule has 1 rings (SSSR count). The maximum Gasteiger partial charge on any atom is 0.441 e. The van der Waals surface area contributed by atoms with Gasteiger partial charge in [-0.2, -0.15) is 13.2 Å². The number of aryl methyl sites for hydroxylation is 1. The first-order valence-electron chi connectivity index (χ1n) is 5.05. The highest BCUT2D eigenvalue weighted by Crippen LogP contribution is 2.29. The first-order chi connectivity index (χ1) is 7.88. The lowest BCUT2D eigenvalue weighted by Gasteiger charge is -2.08. The highest BCUT2D eigenvalue weighted by atomic mass is 32.2. The summed E-state index contributed by atoms with van der Waals surface area (Å²) < 4.78 is 48.2. The molecule has 1 N–H and O–H groups in total. The average Bonchev–Trinajstić information content (AvgIpc) is 2.18. The van der Waals surface area contributed by atoms with Crippen LogP contribution in [0.25, 0.3) is 0 Å². The Hall–Kier alpha value is -0.750. The van der Waals surface area contributed by atoms with Gasteiger partial charge in [0.1, 0.15) is 5.82 Å². The lowest BCUT2D eigenvalue weighted by atomic mass is 10.1. The summed E-state index contributed by atoms with van der Waals surface area (Å²) >= 11 is -0.0471. The summed E-state index contributed by atoms with van der Waals surface area (Å²) in [7, 11) is 0. The van der Waals surface area contributed by atoms with Crippen LogP contribution in [0.3, 0.4) is 0 Å². The molecule has 0 aliphatic rings. The van der Waals surface area contributed by atoms with Gasteiger partial charge in [-0.3, -0.25) is 0 Å². The molecule has 6 heteroatoms. The second kappa shape index (κ2) is 6.26. The molecular formula is C11H13F4NS. The van der Waals surface area contributed by atoms with Crippen LogP contribution in [0.1, 0.15) is 11.1 Å². The molecule has 17 heavy (non-hydrogen) atoms. The normalized spacial score (nSPS) is 11.8. The Morgan fingerprint density at radius 1 is 1.29 bits per heavy atom. The molecule has 1 nitrogen and oxygen atoms in total. The van der Waals surface area contributed by atoms with Crippen molar-refractivity contribution >= 4 is 11.8 Å². The van der Waals surface area contributed by atoms with Gasteiger partial charge in [0.25, 0.3) is 0 Å². The van der Waals surface area contributed by atoms with Crippen molar-refractivity contribution < 1.29 is 17.6 Å². The minimum Gasteiger partial charge on any atom is -0.312 e. The summed E-state index contributed by atoms with van der Waals surface area (Å²) in [5, 5.41) is 2.89. The SMILES string of the molecule is Cc1cc(F)ccc1CNCCSC(F)(F)F. The molecule has 1 aromatic carbocycles. The third-order valence-electron chi connectivity index (χ3n) is 2.16. The number of benzene rings is 1. The lowest BCUT2D eigenvalue weighted by molar-refractivity contribution is -0.0327. The monoisotopic (exact) mass is 267 g/mol. The van der Waals surface area contributed by atoms with E-state index in [0.29, 0.717) is 6.54 Å². The van der Waals surface area contributed by atoms with Gasteiger partial charge in [0.05, 0.1) is 0 Å². The molecule has 0 saturated carbocycles. The minimum atomic E-state index is -4.17. The van der Waals surface area contributed by atoms with E-state index >= 15 is 0 Å². The molecule has 0 aliphatic carbocycles. The predicted octanol–water partition coefficient (Wildman–Crippen LogP) is 3.48. The highest BCUT2D eigenvalue weighted by Gasteiger charge is 2.27. The van der Waals surface area contributed by atoms with Crippen molar-refractivity contribution in [2.24, 2.45) is 0 Å². The van der Waals surface area contributed by atoms with E-state index in [1.54, 1.807) is 13.0 Å². The molecular weight excluding hydrogens is 254 g/mol. The number of thioether (sulfide) groups is 1. The van der Waals surface area contributed by atoms with E-state index in [4.69, 9.17) is 0 Å². The number of alkyl halides is 3. The quantitative estimate of drug-likeness (QED) is 0.647. The standard InChI is InChI=1S/C11H13F4NS/c1-8-6-10(12)3-2-9(8)7-16-4-5-17-11(13,14)15/h2-3,6,16H,4-5,7H2,1H3. The van der Waals surface area contributed by atoms with Gasteiger partial charge in [-0.25, -0.2) is 4.39 Å². The van der Waals surface area contributed by atoms with Gasteiger partial charge in [-0.1, -0.05) is 6.07 Å². The third kappa shape index (κ3) is 5.93. The van der Waals surface area contributed by atoms with Crippen molar-refractivity contribution in [1.29, 1.82) is 0 Å². The molecule has 0 atom stereocenters. The van der Waals surface area contributed by atoms with Crippen LogP contribution in [0.5, 0.6) is 0 Å². The van der Waals surface area contributed by atoms with Crippen LogP contribution >= 0.6 is 11.8 Å². The number of hydrogen-bond donors (Lipinski definition) is 1. The minimum absolute atomic E-state index is 0.0241. The second-order valence-electron chi connectivity index (χ2n) is 3.54. The van der Waals surface area contributed by atoms with Gasteiger partial charge in [-0.05, 0) is 41.9 Å². The Labute approximate surface area is 102 Å². The smallest absolute Gasteiger partial charge is 0.312 e. The fraction of sp³-hybridized carbons (Fsp3) is 0.455. The van der Waals surface area contributed by atoms with E-state index < -0.39 is 5.51 Å². The van der Waals surface area contributed by atoms with Crippen LogP contribution in [0.15, 0.2) is 18.2 Å². The topological polar surface area (TPSA) is 12.0 Å². The Bertz CT molecular complexity index is 365. The van der Waals surface area contributed by atoms with E-state index in [-0.39, 0.29) is 29.9 Å². The Morgan fingerprint density at radius 3 is 2.59 bits per heavy atom. The van der Waals surface area contributed by atoms with Gasteiger partial charge in [0.2, 0.25) is 0 Å². The maximum atomic E-state index is 12.8. The molecule has 0 aromatic heterocycles. The number of nitrogens with one attached hydrogen (secondary N) is 1. The molecule has 0 radical (unpaired) electrons. The summed E-state index contributed by atoms with van der Waals surface area (Å²) in [5.41, 5.74) is -2.49. The van der Waals surface area contributed by atoms with E-state index in [0.717, 1.165) is 11.1 Å². The zero-order valence-corrected chi connectivity index (χ0v) is 10.1. The van der Waals surface area contributed by atoms with Crippen molar-refractivity contribution in [3.63, 3.8) is 0 Å². The molecule has 0 saturated heterocycles. The van der Waals surface area contributed by atoms with Gasteiger partial charge in [0.15, 0.2) is 0 Å². The summed E-state index contributed by atoms with van der Waals surface area (Å²) in [6, 6.07) is 4.38. The van der Waals surface area contributed by atoms with Crippen LogP contribution in [0.2, 0.25) is 0 Å². The van der Waals surface area contributed by atoms with Crippen molar-refractivity contribution in [3.05, 3.63) is 35.1 Å². The van der Waals surface area contributed by atoms with Crippen LogP contribution in [-0.2, 0) is 6.54 Å². The first kappa shape index (κ1) is 14.3. The summed E-state index contributed by atoms with van der Waals surface area (Å²) in [6.45, 7) is 2.48. The molecule has 0 unspecified atom stereocenters. The molecule has 0 spiro atoms. The summed E-state index contributed by atoms with van der Waals surface area (Å²) in [4.78, 5) is 0. The summed E-state index contributed by atoms with van der Waals surface area (Å²) in [5.74, 6) is -0.331. The first-order valence-corrected chi connectivity index (χ1v) is 6.03. The van der Waals surface area contributed by atoms with Gasteiger partial charge in [0, 0.05) is 18.8 Å². The van der Waals surface area contributed by atoms with Crippen molar-refractivity contribution in [2.45, 2.75) is 19.0 Å². The number of hydrogen-bond acceptors (Lipinski definition) is 2. The number of halogens is 4. The van der Waals surface area contributed by atoms with E-state index in [2.05, 4.69) is 5.32 Å². The van der Waals surface area contributed by atoms with Crippen LogP contribution in [-0.4, -0.2) is 17.8 Å². The maximum absolute atomic E-state index is 12.8. The van der Waals surface area contributed by atoms with Gasteiger partial charge < -0.3 is 5.32 Å². The van der Waals surface area contributed by atoms with Gasteiger partial charge in [-0.15, -0.1) is 0 Å². The zero-order chi connectivity index (χ0) is 12.9. The van der Waals surface area contributed by atoms with Crippen molar-refractivity contribution in [3.8, 4) is 0 Å². The lowest BCUT2D eigenvalue weighted by Crippen LogP contribution is -2.18. The molecule has 0 heterocycles. The molecule has 0 amide bonds.